The number of benzene rings is 1. The van der Waals surface area contributed by atoms with Crippen LogP contribution in [-0.2, 0) is 6.54 Å². The molecular weight excluding hydrogens is 450 g/mol. The Hall–Kier alpha value is -3.60. The smallest absolute Gasteiger partial charge is 0.348 e. The van der Waals surface area contributed by atoms with Crippen molar-refractivity contribution in [2.24, 2.45) is 0 Å². The van der Waals surface area contributed by atoms with Gasteiger partial charge in [0, 0.05) is 19.1 Å². The van der Waals surface area contributed by atoms with Gasteiger partial charge in [-0.15, -0.1) is 0 Å². The second-order valence-corrected chi connectivity index (χ2v) is 8.73. The van der Waals surface area contributed by atoms with Crippen molar-refractivity contribution >= 4 is 5.91 Å². The Morgan fingerprint density at radius 1 is 1.17 bits per heavy atom. The van der Waals surface area contributed by atoms with E-state index in [0.29, 0.717) is 18.3 Å². The van der Waals surface area contributed by atoms with Gasteiger partial charge in [-0.05, 0) is 51.9 Å². The second kappa shape index (κ2) is 11.2. The van der Waals surface area contributed by atoms with Crippen LogP contribution in [-0.4, -0.2) is 61.5 Å². The summed E-state index contributed by atoms with van der Waals surface area (Å²) in [6.45, 7) is 3.18. The maximum absolute atomic E-state index is 12.8. The molecule has 2 aromatic heterocycles. The van der Waals surface area contributed by atoms with E-state index in [-0.39, 0.29) is 24.0 Å². The molecule has 1 N–H and O–H groups in total. The molecule has 0 aliphatic heterocycles. The van der Waals surface area contributed by atoms with Gasteiger partial charge in [-0.1, -0.05) is 42.6 Å². The van der Waals surface area contributed by atoms with Crippen molar-refractivity contribution in [3.05, 3.63) is 57.1 Å². The van der Waals surface area contributed by atoms with Crippen LogP contribution in [0.1, 0.15) is 56.1 Å². The lowest BCUT2D eigenvalue weighted by atomic mass is 9.94. The van der Waals surface area contributed by atoms with Crippen molar-refractivity contribution in [2.75, 3.05) is 20.1 Å². The van der Waals surface area contributed by atoms with Gasteiger partial charge >= 0.3 is 17.5 Å². The lowest BCUT2D eigenvalue weighted by molar-refractivity contribution is 0.0906. The minimum Gasteiger partial charge on any atom is -0.348 e. The van der Waals surface area contributed by atoms with Crippen molar-refractivity contribution < 1.29 is 9.32 Å². The van der Waals surface area contributed by atoms with Gasteiger partial charge in [-0.2, -0.15) is 14.8 Å². The van der Waals surface area contributed by atoms with Gasteiger partial charge in [0.2, 0.25) is 5.82 Å². The molecule has 1 fully saturated rings. The average Bonchev–Trinajstić information content (AvgIpc) is 3.38. The zero-order valence-electron chi connectivity index (χ0n) is 20.1. The number of hydrogen-bond acceptors (Lipinski definition) is 8. The molecule has 2 heterocycles. The highest BCUT2D eigenvalue weighted by Gasteiger charge is 2.22. The molecule has 186 valence electrons. The first-order valence-corrected chi connectivity index (χ1v) is 12.1. The predicted molar refractivity (Wildman–Crippen MR) is 130 cm³/mol. The Morgan fingerprint density at radius 2 is 1.91 bits per heavy atom. The molecule has 11 heteroatoms. The number of aromatic nitrogens is 5. The molecule has 1 aliphatic carbocycles. The van der Waals surface area contributed by atoms with Gasteiger partial charge in [-0.3, -0.25) is 14.2 Å². The van der Waals surface area contributed by atoms with E-state index in [0.717, 1.165) is 22.2 Å². The van der Waals surface area contributed by atoms with Crippen LogP contribution in [0.3, 0.4) is 0 Å². The third kappa shape index (κ3) is 5.56. The normalized spacial score (nSPS) is 14.4. The quantitative estimate of drug-likeness (QED) is 0.459. The number of hydrogen-bond donors (Lipinski definition) is 1. The Labute approximate surface area is 202 Å². The topological polar surface area (TPSA) is 128 Å². The zero-order valence-corrected chi connectivity index (χ0v) is 20.1. The monoisotopic (exact) mass is 481 g/mol. The fourth-order valence-electron chi connectivity index (χ4n) is 4.39. The van der Waals surface area contributed by atoms with E-state index in [1.807, 2.05) is 6.07 Å². The molecular formula is C24H31N7O4. The van der Waals surface area contributed by atoms with Crippen LogP contribution in [0.2, 0.25) is 0 Å². The summed E-state index contributed by atoms with van der Waals surface area (Å²) < 4.78 is 7.25. The summed E-state index contributed by atoms with van der Waals surface area (Å²) in [5.41, 5.74) is -0.914. The van der Waals surface area contributed by atoms with Gasteiger partial charge in [0.1, 0.15) is 0 Å². The van der Waals surface area contributed by atoms with Crippen LogP contribution in [0.4, 0.5) is 0 Å². The van der Waals surface area contributed by atoms with E-state index in [2.05, 4.69) is 32.5 Å². The van der Waals surface area contributed by atoms with Crippen molar-refractivity contribution in [3.8, 4) is 17.2 Å². The van der Waals surface area contributed by atoms with Crippen LogP contribution in [0, 0.1) is 0 Å². The number of amides is 1. The molecule has 35 heavy (non-hydrogen) atoms. The summed E-state index contributed by atoms with van der Waals surface area (Å²) in [6.07, 6.45) is 7.16. The number of carbonyl (C=O) groups excluding carboxylic acids is 1. The molecule has 0 radical (unpaired) electrons. The molecule has 11 nitrogen and oxygen atoms in total. The maximum atomic E-state index is 12.8. The molecule has 0 atom stereocenters. The van der Waals surface area contributed by atoms with Crippen molar-refractivity contribution in [1.29, 1.82) is 0 Å². The predicted octanol–water partition coefficient (Wildman–Crippen LogP) is 1.85. The number of nitrogens with zero attached hydrogens (tertiary/aromatic N) is 6. The first-order valence-electron chi connectivity index (χ1n) is 12.1. The van der Waals surface area contributed by atoms with Crippen LogP contribution in [0.15, 0.2) is 44.4 Å². The minimum absolute atomic E-state index is 0.139. The average molecular weight is 482 g/mol. The van der Waals surface area contributed by atoms with E-state index in [1.54, 1.807) is 31.2 Å². The first-order chi connectivity index (χ1) is 17.0. The molecule has 1 saturated carbocycles. The summed E-state index contributed by atoms with van der Waals surface area (Å²) in [4.78, 5) is 44.5. The highest BCUT2D eigenvalue weighted by atomic mass is 16.5. The van der Waals surface area contributed by atoms with Gasteiger partial charge in [0.15, 0.2) is 5.69 Å². The highest BCUT2D eigenvalue weighted by Crippen LogP contribution is 2.21. The number of para-hydroxylation sites is 1. The lowest BCUT2D eigenvalue weighted by Crippen LogP contribution is -2.41. The standard InChI is InChI=1S/C24H31N7O4/c1-3-30-23(33)19(27-31(24(30)34)18-13-8-5-9-14-18)20-26-22(35-28-20)21(32)25-15-10-16-29(2)17-11-6-4-7-12-17/h5,8-9,13-14,17H,3-4,6-7,10-12,15-16H2,1-2H3,(H,25,32). The Bertz CT molecular complexity index is 1260. The van der Waals surface area contributed by atoms with Gasteiger partial charge < -0.3 is 14.7 Å². The van der Waals surface area contributed by atoms with E-state index in [9.17, 15) is 14.4 Å². The SMILES string of the molecule is CCn1c(=O)c(-c2noc(C(=O)NCCCN(C)C3CCCCC3)n2)nn(-c2ccccc2)c1=O. The largest absolute Gasteiger partial charge is 0.352 e. The summed E-state index contributed by atoms with van der Waals surface area (Å²) in [5, 5.41) is 10.7. The fraction of sp³-hybridized carbons (Fsp3) is 0.500. The molecule has 0 saturated heterocycles. The van der Waals surface area contributed by atoms with Crippen LogP contribution < -0.4 is 16.6 Å². The Morgan fingerprint density at radius 3 is 2.63 bits per heavy atom. The fourth-order valence-corrected chi connectivity index (χ4v) is 4.39. The van der Waals surface area contributed by atoms with E-state index < -0.39 is 17.2 Å². The summed E-state index contributed by atoms with van der Waals surface area (Å²) in [5.74, 6) is -0.928. The third-order valence-electron chi connectivity index (χ3n) is 6.38. The number of nitrogens with one attached hydrogen (secondary N) is 1. The maximum Gasteiger partial charge on any atom is 0.352 e. The zero-order chi connectivity index (χ0) is 24.8. The van der Waals surface area contributed by atoms with Gasteiger partial charge in [0.25, 0.3) is 5.56 Å². The second-order valence-electron chi connectivity index (χ2n) is 8.73. The molecule has 1 aromatic carbocycles. The van der Waals surface area contributed by atoms with Crippen LogP contribution in [0.25, 0.3) is 17.2 Å². The summed E-state index contributed by atoms with van der Waals surface area (Å²) in [7, 11) is 2.13. The number of carbonyl (C=O) groups is 1. The molecule has 3 aromatic rings. The lowest BCUT2D eigenvalue weighted by Gasteiger charge is -2.31. The van der Waals surface area contributed by atoms with Crippen molar-refractivity contribution in [2.45, 2.75) is 58.0 Å². The van der Waals surface area contributed by atoms with Crippen LogP contribution in [0.5, 0.6) is 0 Å². The molecule has 0 unspecified atom stereocenters. The van der Waals surface area contributed by atoms with Gasteiger partial charge in [-0.25, -0.2) is 4.79 Å². The molecule has 1 aliphatic rings. The van der Waals surface area contributed by atoms with Crippen LogP contribution >= 0.6 is 0 Å². The summed E-state index contributed by atoms with van der Waals surface area (Å²) in [6, 6.07) is 9.34. The molecule has 0 bridgehead atoms. The van der Waals surface area contributed by atoms with E-state index >= 15 is 0 Å². The van der Waals surface area contributed by atoms with Gasteiger partial charge in [0.05, 0.1) is 5.69 Å². The summed E-state index contributed by atoms with van der Waals surface area (Å²) >= 11 is 0. The third-order valence-corrected chi connectivity index (χ3v) is 6.38. The highest BCUT2D eigenvalue weighted by molar-refractivity contribution is 5.89. The molecule has 0 spiro atoms. The molecule has 1 amide bonds. The van der Waals surface area contributed by atoms with Crippen molar-refractivity contribution in [1.82, 2.24) is 34.7 Å². The molecule has 4 rings (SSSR count). The van der Waals surface area contributed by atoms with E-state index in [1.165, 1.54) is 32.1 Å². The van der Waals surface area contributed by atoms with Crippen molar-refractivity contribution in [3.63, 3.8) is 0 Å². The van der Waals surface area contributed by atoms with E-state index in [4.69, 9.17) is 4.52 Å². The Balaban J connectivity index is 1.44. The minimum atomic E-state index is -0.650. The first kappa shape index (κ1) is 24.5. The Kier molecular flexibility index (Phi) is 7.86. The number of rotatable bonds is 9.